The average Bonchev–Trinajstić information content (AvgIpc) is 2.72. The van der Waals surface area contributed by atoms with E-state index in [0.717, 1.165) is 11.3 Å². The van der Waals surface area contributed by atoms with Crippen molar-refractivity contribution in [3.63, 3.8) is 0 Å². The molecule has 2 aliphatic heterocycles. The van der Waals surface area contributed by atoms with E-state index >= 15 is 0 Å². The molecule has 0 bridgehead atoms. The first-order chi connectivity index (χ1) is 14.0. The first-order valence-corrected chi connectivity index (χ1v) is 9.79. The zero-order chi connectivity index (χ0) is 20.4. The number of amides is 2. The van der Waals surface area contributed by atoms with E-state index in [0.29, 0.717) is 29.9 Å². The number of nitrogens with zero attached hydrogens (tertiary/aromatic N) is 1. The lowest BCUT2D eigenvalue weighted by molar-refractivity contribution is -0.113. The van der Waals surface area contributed by atoms with Crippen LogP contribution in [0, 0.1) is 0 Å². The highest BCUT2D eigenvalue weighted by atomic mass is 16.5. The third kappa shape index (κ3) is 4.17. The van der Waals surface area contributed by atoms with E-state index in [-0.39, 0.29) is 30.6 Å². The summed E-state index contributed by atoms with van der Waals surface area (Å²) in [5, 5.41) is 2.89. The number of anilines is 1. The maximum Gasteiger partial charge on any atom is 0.256 e. The third-order valence-electron chi connectivity index (χ3n) is 5.04. The molecule has 150 valence electrons. The van der Waals surface area contributed by atoms with Crippen LogP contribution in [0.4, 0.5) is 5.69 Å². The Hall–Kier alpha value is -3.12. The molecule has 1 fully saturated rings. The predicted molar refractivity (Wildman–Crippen MR) is 111 cm³/mol. The second-order valence-corrected chi connectivity index (χ2v) is 7.46. The maximum absolute atomic E-state index is 13.1. The lowest BCUT2D eigenvalue weighted by Crippen LogP contribution is -2.48. The molecule has 29 heavy (non-hydrogen) atoms. The second-order valence-electron chi connectivity index (χ2n) is 7.46. The molecule has 2 atom stereocenters. The average molecular weight is 392 g/mol. The number of fused-ring (bicyclic) bond motifs is 1. The van der Waals surface area contributed by atoms with E-state index in [4.69, 9.17) is 9.47 Å². The monoisotopic (exact) mass is 392 g/mol. The van der Waals surface area contributed by atoms with Crippen molar-refractivity contribution in [3.05, 3.63) is 65.2 Å². The molecular weight excluding hydrogens is 368 g/mol. The van der Waals surface area contributed by atoms with Crippen molar-refractivity contribution in [2.45, 2.75) is 26.1 Å². The fourth-order valence-electron chi connectivity index (χ4n) is 3.74. The number of carbonyl (C=O) groups excluding carboxylic acids is 2. The molecule has 0 saturated carbocycles. The van der Waals surface area contributed by atoms with Gasteiger partial charge in [0.25, 0.3) is 11.8 Å². The quantitative estimate of drug-likeness (QED) is 0.870. The van der Waals surface area contributed by atoms with Gasteiger partial charge in [-0.1, -0.05) is 30.3 Å². The second kappa shape index (κ2) is 8.09. The Balaban J connectivity index is 1.54. The van der Waals surface area contributed by atoms with Gasteiger partial charge in [-0.25, -0.2) is 0 Å². The molecule has 2 aromatic rings. The summed E-state index contributed by atoms with van der Waals surface area (Å²) in [7, 11) is 0. The van der Waals surface area contributed by atoms with Gasteiger partial charge in [0.05, 0.1) is 29.0 Å². The van der Waals surface area contributed by atoms with Gasteiger partial charge >= 0.3 is 0 Å². The van der Waals surface area contributed by atoms with Crippen molar-refractivity contribution < 1.29 is 19.1 Å². The minimum absolute atomic E-state index is 0.0194. The Kier molecular flexibility index (Phi) is 5.36. The van der Waals surface area contributed by atoms with Crippen LogP contribution in [0.25, 0.3) is 6.08 Å². The first-order valence-electron chi connectivity index (χ1n) is 9.79. The Labute approximate surface area is 170 Å². The van der Waals surface area contributed by atoms with Crippen LogP contribution in [0.1, 0.15) is 29.8 Å². The van der Waals surface area contributed by atoms with Crippen molar-refractivity contribution in [1.29, 1.82) is 0 Å². The van der Waals surface area contributed by atoms with Crippen LogP contribution in [-0.2, 0) is 9.53 Å². The lowest BCUT2D eigenvalue weighted by atomic mass is 10.1. The highest BCUT2D eigenvalue weighted by molar-refractivity contribution is 6.11. The van der Waals surface area contributed by atoms with E-state index in [2.05, 4.69) is 5.32 Å². The molecule has 4 rings (SSSR count). The van der Waals surface area contributed by atoms with Gasteiger partial charge in [-0.2, -0.15) is 0 Å². The molecule has 2 aliphatic rings. The SMILES string of the molecule is C[C@H]1CN(C(=O)c2ccccc2NC(=O)C2=Cc3ccccc3OC2)C[C@H](C)O1. The summed E-state index contributed by atoms with van der Waals surface area (Å²) in [5.74, 6) is 0.376. The van der Waals surface area contributed by atoms with Gasteiger partial charge in [-0.3, -0.25) is 9.59 Å². The van der Waals surface area contributed by atoms with E-state index in [1.807, 2.05) is 44.2 Å². The normalized spacial score (nSPS) is 20.9. The van der Waals surface area contributed by atoms with E-state index < -0.39 is 0 Å². The number of carbonyl (C=O) groups is 2. The summed E-state index contributed by atoms with van der Waals surface area (Å²) in [6.07, 6.45) is 1.78. The zero-order valence-electron chi connectivity index (χ0n) is 16.6. The number of morpholine rings is 1. The molecule has 0 aliphatic carbocycles. The number of hydrogen-bond acceptors (Lipinski definition) is 4. The maximum atomic E-state index is 13.1. The molecule has 0 aromatic heterocycles. The summed E-state index contributed by atoms with van der Waals surface area (Å²) >= 11 is 0. The fourth-order valence-corrected chi connectivity index (χ4v) is 3.74. The van der Waals surface area contributed by atoms with E-state index in [1.165, 1.54) is 0 Å². The van der Waals surface area contributed by atoms with Crippen molar-refractivity contribution in [1.82, 2.24) is 4.90 Å². The van der Waals surface area contributed by atoms with E-state index in [9.17, 15) is 9.59 Å². The summed E-state index contributed by atoms with van der Waals surface area (Å²) in [4.78, 5) is 27.7. The number of nitrogens with one attached hydrogen (secondary N) is 1. The Morgan fingerprint density at radius 1 is 1.00 bits per heavy atom. The minimum Gasteiger partial charge on any atom is -0.488 e. The topological polar surface area (TPSA) is 67.9 Å². The molecule has 1 saturated heterocycles. The van der Waals surface area contributed by atoms with Crippen molar-refractivity contribution in [3.8, 4) is 5.75 Å². The zero-order valence-corrected chi connectivity index (χ0v) is 16.6. The van der Waals surface area contributed by atoms with Crippen molar-refractivity contribution >= 4 is 23.6 Å². The van der Waals surface area contributed by atoms with Crippen LogP contribution < -0.4 is 10.1 Å². The molecule has 0 spiro atoms. The van der Waals surface area contributed by atoms with Crippen LogP contribution in [0.5, 0.6) is 5.75 Å². The van der Waals surface area contributed by atoms with Gasteiger partial charge in [0, 0.05) is 18.7 Å². The largest absolute Gasteiger partial charge is 0.488 e. The number of rotatable bonds is 3. The fraction of sp³-hybridized carbons (Fsp3) is 0.304. The van der Waals surface area contributed by atoms with Crippen LogP contribution in [0.2, 0.25) is 0 Å². The summed E-state index contributed by atoms with van der Waals surface area (Å²) in [6, 6.07) is 14.7. The summed E-state index contributed by atoms with van der Waals surface area (Å²) < 4.78 is 11.4. The van der Waals surface area contributed by atoms with Gasteiger partial charge in [-0.05, 0) is 38.1 Å². The van der Waals surface area contributed by atoms with Gasteiger partial charge in [0.2, 0.25) is 0 Å². The standard InChI is InChI=1S/C23H24N2O4/c1-15-12-25(13-16(2)29-15)23(27)19-8-4-5-9-20(19)24-22(26)18-11-17-7-3-6-10-21(17)28-14-18/h3-11,15-16H,12-14H2,1-2H3,(H,24,26)/t15-,16-/m0/s1. The molecule has 0 unspecified atom stereocenters. The number of benzene rings is 2. The molecule has 6 heteroatoms. The lowest BCUT2D eigenvalue weighted by Gasteiger charge is -2.35. The highest BCUT2D eigenvalue weighted by Crippen LogP contribution is 2.27. The Bertz CT molecular complexity index is 959. The number of ether oxygens (including phenoxy) is 2. The molecule has 2 aromatic carbocycles. The number of hydrogen-bond donors (Lipinski definition) is 1. The minimum atomic E-state index is -0.275. The molecule has 0 radical (unpaired) electrons. The molecule has 1 N–H and O–H groups in total. The van der Waals surface area contributed by atoms with Crippen molar-refractivity contribution in [2.24, 2.45) is 0 Å². The van der Waals surface area contributed by atoms with Gasteiger partial charge in [0.15, 0.2) is 0 Å². The number of para-hydroxylation sites is 2. The molecular formula is C23H24N2O4. The van der Waals surface area contributed by atoms with Gasteiger partial charge < -0.3 is 19.7 Å². The molecule has 2 heterocycles. The smallest absolute Gasteiger partial charge is 0.256 e. The molecule has 6 nitrogen and oxygen atoms in total. The van der Waals surface area contributed by atoms with Gasteiger partial charge in [0.1, 0.15) is 12.4 Å². The van der Waals surface area contributed by atoms with Crippen molar-refractivity contribution in [2.75, 3.05) is 25.0 Å². The Morgan fingerprint density at radius 3 is 2.48 bits per heavy atom. The predicted octanol–water partition coefficient (Wildman–Crippen LogP) is 3.35. The van der Waals surface area contributed by atoms with Crippen LogP contribution in [0.15, 0.2) is 54.1 Å². The summed E-state index contributed by atoms with van der Waals surface area (Å²) in [6.45, 7) is 5.16. The molecule has 2 amide bonds. The van der Waals surface area contributed by atoms with Crippen LogP contribution >= 0.6 is 0 Å². The summed E-state index contributed by atoms with van der Waals surface area (Å²) in [5.41, 5.74) is 2.35. The van der Waals surface area contributed by atoms with E-state index in [1.54, 1.807) is 29.2 Å². The van der Waals surface area contributed by atoms with Crippen LogP contribution in [-0.4, -0.2) is 48.6 Å². The van der Waals surface area contributed by atoms with Crippen LogP contribution in [0.3, 0.4) is 0 Å². The first kappa shape index (κ1) is 19.2. The highest BCUT2D eigenvalue weighted by Gasteiger charge is 2.28. The Morgan fingerprint density at radius 2 is 1.69 bits per heavy atom. The van der Waals surface area contributed by atoms with Gasteiger partial charge in [-0.15, -0.1) is 0 Å². The third-order valence-corrected chi connectivity index (χ3v) is 5.04.